The predicted octanol–water partition coefficient (Wildman–Crippen LogP) is 1.45. The first-order valence-corrected chi connectivity index (χ1v) is 5.72. The van der Waals surface area contributed by atoms with E-state index in [1.165, 1.54) is 0 Å². The van der Waals surface area contributed by atoms with Gasteiger partial charge >= 0.3 is 0 Å². The third kappa shape index (κ3) is 4.71. The van der Waals surface area contributed by atoms with Crippen molar-refractivity contribution in [2.24, 2.45) is 0 Å². The number of carbonyl (C=O) groups excluding carboxylic acids is 1. The second kappa shape index (κ2) is 7.48. The van der Waals surface area contributed by atoms with E-state index in [4.69, 9.17) is 5.11 Å². The van der Waals surface area contributed by atoms with E-state index in [1.807, 2.05) is 31.2 Å². The van der Waals surface area contributed by atoms with Crippen LogP contribution in [0.5, 0.6) is 0 Å². The fourth-order valence-electron chi connectivity index (χ4n) is 1.33. The van der Waals surface area contributed by atoms with Gasteiger partial charge in [0.25, 0.3) is 0 Å². The minimum absolute atomic E-state index is 0.0307. The summed E-state index contributed by atoms with van der Waals surface area (Å²) >= 11 is 0. The van der Waals surface area contributed by atoms with Crippen LogP contribution in [-0.2, 0) is 11.3 Å². The summed E-state index contributed by atoms with van der Waals surface area (Å²) in [5.41, 5.74) is 1.90. The molecule has 0 fully saturated rings. The Morgan fingerprint density at radius 3 is 2.88 bits per heavy atom. The molecule has 0 aliphatic rings. The summed E-state index contributed by atoms with van der Waals surface area (Å²) in [6.07, 6.45) is 0.952. The van der Waals surface area contributed by atoms with Crippen molar-refractivity contribution in [2.45, 2.75) is 26.3 Å². The molecule has 3 nitrogen and oxygen atoms in total. The molecule has 0 saturated carbocycles. The molecule has 0 unspecified atom stereocenters. The van der Waals surface area contributed by atoms with E-state index in [0.717, 1.165) is 11.1 Å². The van der Waals surface area contributed by atoms with Crippen molar-refractivity contribution in [3.63, 3.8) is 0 Å². The summed E-state index contributed by atoms with van der Waals surface area (Å²) < 4.78 is 0. The molecular formula is C14H17NO2. The number of hydrogen-bond acceptors (Lipinski definition) is 2. The minimum atomic E-state index is 0.0307. The first-order chi connectivity index (χ1) is 8.27. The molecule has 0 radical (unpaired) electrons. The number of nitrogens with one attached hydrogen (secondary N) is 1. The van der Waals surface area contributed by atoms with Crippen LogP contribution in [0.2, 0.25) is 0 Å². The van der Waals surface area contributed by atoms with E-state index in [-0.39, 0.29) is 12.5 Å². The van der Waals surface area contributed by atoms with Crippen LogP contribution in [0.1, 0.15) is 30.9 Å². The van der Waals surface area contributed by atoms with E-state index >= 15 is 0 Å². The molecule has 1 aromatic carbocycles. The van der Waals surface area contributed by atoms with Crippen LogP contribution >= 0.6 is 0 Å². The van der Waals surface area contributed by atoms with Crippen molar-refractivity contribution in [1.82, 2.24) is 5.32 Å². The standard InChI is InChI=1S/C14H17NO2/c1-2-14(17)15-11-13-9-4-3-7-12(13)8-5-6-10-16/h3-4,7,9,16H,2,6,10-11H2,1H3,(H,15,17). The van der Waals surface area contributed by atoms with Crippen molar-refractivity contribution < 1.29 is 9.90 Å². The van der Waals surface area contributed by atoms with Gasteiger partial charge in [-0.3, -0.25) is 4.79 Å². The molecule has 90 valence electrons. The second-order valence-corrected chi connectivity index (χ2v) is 3.56. The Hall–Kier alpha value is -1.79. The van der Waals surface area contributed by atoms with Gasteiger partial charge in [0.15, 0.2) is 0 Å². The van der Waals surface area contributed by atoms with E-state index in [0.29, 0.717) is 19.4 Å². The first-order valence-electron chi connectivity index (χ1n) is 5.72. The third-order valence-electron chi connectivity index (χ3n) is 2.27. The maximum absolute atomic E-state index is 11.2. The van der Waals surface area contributed by atoms with Crippen LogP contribution in [0.4, 0.5) is 0 Å². The van der Waals surface area contributed by atoms with Crippen LogP contribution in [0.3, 0.4) is 0 Å². The Balaban J connectivity index is 2.71. The van der Waals surface area contributed by atoms with Crippen LogP contribution < -0.4 is 5.32 Å². The lowest BCUT2D eigenvalue weighted by atomic mass is 10.1. The summed E-state index contributed by atoms with van der Waals surface area (Å²) in [4.78, 5) is 11.2. The Labute approximate surface area is 102 Å². The highest BCUT2D eigenvalue weighted by atomic mass is 16.2. The molecule has 0 aliphatic carbocycles. The monoisotopic (exact) mass is 231 g/mol. The van der Waals surface area contributed by atoms with Crippen LogP contribution in [0.25, 0.3) is 0 Å². The highest BCUT2D eigenvalue weighted by Crippen LogP contribution is 2.07. The third-order valence-corrected chi connectivity index (χ3v) is 2.27. The lowest BCUT2D eigenvalue weighted by Gasteiger charge is -2.05. The summed E-state index contributed by atoms with van der Waals surface area (Å²) in [7, 11) is 0. The lowest BCUT2D eigenvalue weighted by Crippen LogP contribution is -2.21. The van der Waals surface area contributed by atoms with Crippen LogP contribution in [-0.4, -0.2) is 17.6 Å². The zero-order valence-corrected chi connectivity index (χ0v) is 9.99. The Morgan fingerprint density at radius 2 is 2.18 bits per heavy atom. The van der Waals surface area contributed by atoms with Crippen molar-refractivity contribution in [2.75, 3.05) is 6.61 Å². The van der Waals surface area contributed by atoms with Gasteiger partial charge in [0, 0.05) is 24.9 Å². The molecule has 0 atom stereocenters. The highest BCUT2D eigenvalue weighted by Gasteiger charge is 2.01. The summed E-state index contributed by atoms with van der Waals surface area (Å²) in [6.45, 7) is 2.39. The first kappa shape index (κ1) is 13.3. The second-order valence-electron chi connectivity index (χ2n) is 3.56. The van der Waals surface area contributed by atoms with Gasteiger partial charge in [-0.25, -0.2) is 0 Å². The van der Waals surface area contributed by atoms with E-state index in [9.17, 15) is 4.79 Å². The maximum Gasteiger partial charge on any atom is 0.219 e. The zero-order valence-electron chi connectivity index (χ0n) is 9.99. The number of amides is 1. The van der Waals surface area contributed by atoms with E-state index in [1.54, 1.807) is 0 Å². The van der Waals surface area contributed by atoms with Crippen LogP contribution in [0, 0.1) is 11.8 Å². The van der Waals surface area contributed by atoms with Gasteiger partial charge in [-0.15, -0.1) is 0 Å². The quantitative estimate of drug-likeness (QED) is 0.770. The number of rotatable bonds is 4. The smallest absolute Gasteiger partial charge is 0.219 e. The predicted molar refractivity (Wildman–Crippen MR) is 67.2 cm³/mol. The van der Waals surface area contributed by atoms with E-state index < -0.39 is 0 Å². The van der Waals surface area contributed by atoms with Crippen molar-refractivity contribution >= 4 is 5.91 Å². The number of benzene rings is 1. The topological polar surface area (TPSA) is 49.3 Å². The van der Waals surface area contributed by atoms with Gasteiger partial charge in [0.1, 0.15) is 0 Å². The van der Waals surface area contributed by atoms with E-state index in [2.05, 4.69) is 17.2 Å². The molecule has 3 heteroatoms. The average Bonchev–Trinajstić information content (AvgIpc) is 2.37. The number of carbonyl (C=O) groups is 1. The number of hydrogen-bond donors (Lipinski definition) is 2. The van der Waals surface area contributed by atoms with Crippen LogP contribution in [0.15, 0.2) is 24.3 Å². The lowest BCUT2D eigenvalue weighted by molar-refractivity contribution is -0.120. The van der Waals surface area contributed by atoms with Crippen molar-refractivity contribution in [1.29, 1.82) is 0 Å². The van der Waals surface area contributed by atoms with Gasteiger partial charge in [0.2, 0.25) is 5.91 Å². The molecule has 0 aliphatic heterocycles. The molecule has 1 rings (SSSR count). The normalized spacial score (nSPS) is 9.29. The minimum Gasteiger partial charge on any atom is -0.395 e. The summed E-state index contributed by atoms with van der Waals surface area (Å²) in [5.74, 6) is 5.91. The number of aliphatic hydroxyl groups is 1. The SMILES string of the molecule is CCC(=O)NCc1ccccc1C#CCCO. The maximum atomic E-state index is 11.2. The Bertz CT molecular complexity index is 429. The van der Waals surface area contributed by atoms with Gasteiger partial charge in [0.05, 0.1) is 6.61 Å². The fraction of sp³-hybridized carbons (Fsp3) is 0.357. The molecule has 0 spiro atoms. The van der Waals surface area contributed by atoms with Crippen molar-refractivity contribution in [3.8, 4) is 11.8 Å². The van der Waals surface area contributed by atoms with Gasteiger partial charge < -0.3 is 10.4 Å². The molecule has 2 N–H and O–H groups in total. The Kier molecular flexibility index (Phi) is 5.84. The van der Waals surface area contributed by atoms with Gasteiger partial charge in [-0.05, 0) is 11.6 Å². The molecule has 0 aromatic heterocycles. The molecule has 1 amide bonds. The number of aliphatic hydroxyl groups excluding tert-OH is 1. The zero-order chi connectivity index (χ0) is 12.5. The van der Waals surface area contributed by atoms with Crippen molar-refractivity contribution in [3.05, 3.63) is 35.4 Å². The summed E-state index contributed by atoms with van der Waals surface area (Å²) in [5, 5.41) is 11.5. The molecule has 1 aromatic rings. The molecule has 0 heterocycles. The molecular weight excluding hydrogens is 214 g/mol. The molecule has 17 heavy (non-hydrogen) atoms. The van der Waals surface area contributed by atoms with Gasteiger partial charge in [-0.2, -0.15) is 0 Å². The Morgan fingerprint density at radius 1 is 1.41 bits per heavy atom. The fourth-order valence-corrected chi connectivity index (χ4v) is 1.33. The highest BCUT2D eigenvalue weighted by molar-refractivity contribution is 5.75. The average molecular weight is 231 g/mol. The largest absolute Gasteiger partial charge is 0.395 e. The van der Waals surface area contributed by atoms with Gasteiger partial charge in [-0.1, -0.05) is 37.0 Å². The molecule has 0 bridgehead atoms. The molecule has 0 saturated heterocycles. The summed E-state index contributed by atoms with van der Waals surface area (Å²) in [6, 6.07) is 7.69.